The summed E-state index contributed by atoms with van der Waals surface area (Å²) in [6, 6.07) is 0. The van der Waals surface area contributed by atoms with Crippen LogP contribution < -0.4 is 0 Å². The van der Waals surface area contributed by atoms with Gasteiger partial charge in [-0.3, -0.25) is 0 Å². The maximum absolute atomic E-state index is 10.8. The van der Waals surface area contributed by atoms with Gasteiger partial charge in [0.2, 0.25) is 0 Å². The van der Waals surface area contributed by atoms with Gasteiger partial charge in [-0.25, -0.2) is 4.79 Å². The Morgan fingerprint density at radius 1 is 1.11 bits per heavy atom. The SMILES string of the molecule is CCC(C)(C)CC.CCC(CC)COC(=O)C(C)O. The summed E-state index contributed by atoms with van der Waals surface area (Å²) in [5.74, 6) is -0.102. The summed E-state index contributed by atoms with van der Waals surface area (Å²) in [5.41, 5.74) is 0.583. The van der Waals surface area contributed by atoms with Crippen molar-refractivity contribution in [2.75, 3.05) is 6.61 Å². The summed E-state index contributed by atoms with van der Waals surface area (Å²) in [4.78, 5) is 10.8. The van der Waals surface area contributed by atoms with E-state index in [1.54, 1.807) is 0 Å². The molecule has 0 bridgehead atoms. The van der Waals surface area contributed by atoms with E-state index in [-0.39, 0.29) is 0 Å². The molecule has 0 aliphatic heterocycles. The molecule has 0 radical (unpaired) electrons. The van der Waals surface area contributed by atoms with Crippen LogP contribution in [0.1, 0.15) is 74.1 Å². The fourth-order valence-corrected chi connectivity index (χ4v) is 1.09. The van der Waals surface area contributed by atoms with Crippen molar-refractivity contribution in [3.05, 3.63) is 0 Å². The number of hydrogen-bond donors (Lipinski definition) is 1. The van der Waals surface area contributed by atoms with E-state index in [0.717, 1.165) is 12.8 Å². The van der Waals surface area contributed by atoms with Crippen LogP contribution in [0.4, 0.5) is 0 Å². The Hall–Kier alpha value is -0.570. The highest BCUT2D eigenvalue weighted by molar-refractivity contribution is 5.73. The van der Waals surface area contributed by atoms with E-state index in [9.17, 15) is 4.79 Å². The normalized spacial score (nSPS) is 12.7. The Kier molecular flexibility index (Phi) is 12.3. The molecule has 0 aliphatic rings. The lowest BCUT2D eigenvalue weighted by molar-refractivity contribution is -0.153. The van der Waals surface area contributed by atoms with Crippen molar-refractivity contribution in [1.82, 2.24) is 0 Å². The van der Waals surface area contributed by atoms with Gasteiger partial charge in [0.05, 0.1) is 6.61 Å². The van der Waals surface area contributed by atoms with Gasteiger partial charge in [-0.15, -0.1) is 0 Å². The molecule has 0 saturated heterocycles. The number of aliphatic hydroxyl groups is 1. The molecule has 0 aromatic carbocycles. The van der Waals surface area contributed by atoms with Gasteiger partial charge >= 0.3 is 5.97 Å². The lowest BCUT2D eigenvalue weighted by Gasteiger charge is -2.18. The maximum atomic E-state index is 10.8. The lowest BCUT2D eigenvalue weighted by Crippen LogP contribution is -2.22. The number of aliphatic hydroxyl groups excluding tert-OH is 1. The average Bonchev–Trinajstić information content (AvgIpc) is 2.40. The quantitative estimate of drug-likeness (QED) is 0.708. The smallest absolute Gasteiger partial charge is 0.334 e. The molecule has 0 rings (SSSR count). The predicted octanol–water partition coefficient (Wildman–Crippen LogP) is 4.18. The Morgan fingerprint density at radius 3 is 1.74 bits per heavy atom. The number of hydrogen-bond acceptors (Lipinski definition) is 3. The first-order valence-corrected chi connectivity index (χ1v) is 7.58. The molecule has 1 N–H and O–H groups in total. The van der Waals surface area contributed by atoms with Gasteiger partial charge in [0.15, 0.2) is 0 Å². The fraction of sp³-hybridized carbons (Fsp3) is 0.938. The first-order valence-electron chi connectivity index (χ1n) is 7.58. The molecular weight excluding hydrogens is 240 g/mol. The second-order valence-electron chi connectivity index (χ2n) is 5.86. The molecule has 0 saturated carbocycles. The van der Waals surface area contributed by atoms with Crippen molar-refractivity contribution in [3.63, 3.8) is 0 Å². The van der Waals surface area contributed by atoms with Crippen LogP contribution in [0.2, 0.25) is 0 Å². The van der Waals surface area contributed by atoms with E-state index in [1.807, 2.05) is 0 Å². The van der Waals surface area contributed by atoms with Crippen molar-refractivity contribution in [1.29, 1.82) is 0 Å². The highest BCUT2D eigenvalue weighted by atomic mass is 16.5. The van der Waals surface area contributed by atoms with Crippen LogP contribution in [0.15, 0.2) is 0 Å². The molecule has 0 fully saturated rings. The molecule has 116 valence electrons. The van der Waals surface area contributed by atoms with E-state index >= 15 is 0 Å². The van der Waals surface area contributed by atoms with E-state index in [0.29, 0.717) is 17.9 Å². The zero-order chi connectivity index (χ0) is 15.5. The monoisotopic (exact) mass is 274 g/mol. The average molecular weight is 274 g/mol. The van der Waals surface area contributed by atoms with Crippen LogP contribution in [0.5, 0.6) is 0 Å². The van der Waals surface area contributed by atoms with Gasteiger partial charge in [-0.05, 0) is 18.3 Å². The van der Waals surface area contributed by atoms with E-state index in [1.165, 1.54) is 19.8 Å². The van der Waals surface area contributed by atoms with Gasteiger partial charge in [-0.1, -0.05) is 67.2 Å². The number of carbonyl (C=O) groups is 1. The van der Waals surface area contributed by atoms with Crippen molar-refractivity contribution < 1.29 is 14.6 Å². The van der Waals surface area contributed by atoms with Gasteiger partial charge in [0.25, 0.3) is 0 Å². The Balaban J connectivity index is 0. The topological polar surface area (TPSA) is 46.5 Å². The lowest BCUT2D eigenvalue weighted by atomic mass is 9.88. The minimum Gasteiger partial charge on any atom is -0.463 e. The predicted molar refractivity (Wildman–Crippen MR) is 81.1 cm³/mol. The van der Waals surface area contributed by atoms with Crippen LogP contribution >= 0.6 is 0 Å². The van der Waals surface area contributed by atoms with Crippen LogP contribution in [0, 0.1) is 11.3 Å². The van der Waals surface area contributed by atoms with Crippen molar-refractivity contribution in [2.45, 2.75) is 80.3 Å². The molecular formula is C16H34O3. The summed E-state index contributed by atoms with van der Waals surface area (Å²) < 4.78 is 4.86. The first kappa shape index (κ1) is 20.7. The third-order valence-corrected chi connectivity index (χ3v) is 3.87. The zero-order valence-corrected chi connectivity index (χ0v) is 14.0. The van der Waals surface area contributed by atoms with Gasteiger partial charge < -0.3 is 9.84 Å². The molecule has 1 atom stereocenters. The summed E-state index contributed by atoms with van der Waals surface area (Å²) in [7, 11) is 0. The molecule has 1 unspecified atom stereocenters. The minimum atomic E-state index is -1.00. The first-order chi connectivity index (χ1) is 8.73. The third-order valence-electron chi connectivity index (χ3n) is 3.87. The van der Waals surface area contributed by atoms with Gasteiger partial charge in [0.1, 0.15) is 6.10 Å². The minimum absolute atomic E-state index is 0.424. The van der Waals surface area contributed by atoms with Crippen molar-refractivity contribution in [3.8, 4) is 0 Å². The van der Waals surface area contributed by atoms with Crippen LogP contribution in [0.25, 0.3) is 0 Å². The molecule has 3 heteroatoms. The maximum Gasteiger partial charge on any atom is 0.334 e. The van der Waals surface area contributed by atoms with Crippen LogP contribution in [0.3, 0.4) is 0 Å². The second-order valence-corrected chi connectivity index (χ2v) is 5.86. The highest BCUT2D eigenvalue weighted by Crippen LogP contribution is 2.22. The standard InChI is InChI=1S/C9H18O3.C7H16/c1-4-8(5-2)6-12-9(11)7(3)10;1-5-7(3,4)6-2/h7-8,10H,4-6H2,1-3H3;5-6H2,1-4H3. The summed E-state index contributed by atoms with van der Waals surface area (Å²) in [5, 5.41) is 8.80. The number of carbonyl (C=O) groups excluding carboxylic acids is 1. The number of rotatable bonds is 7. The Labute approximate surface area is 119 Å². The fourth-order valence-electron chi connectivity index (χ4n) is 1.09. The number of esters is 1. The van der Waals surface area contributed by atoms with Crippen molar-refractivity contribution >= 4 is 5.97 Å². The molecule has 3 nitrogen and oxygen atoms in total. The molecule has 0 aliphatic carbocycles. The molecule has 0 aromatic heterocycles. The Morgan fingerprint density at radius 2 is 1.53 bits per heavy atom. The summed E-state index contributed by atoms with van der Waals surface area (Å²) >= 11 is 0. The molecule has 0 amide bonds. The van der Waals surface area contributed by atoms with Crippen LogP contribution in [-0.2, 0) is 9.53 Å². The van der Waals surface area contributed by atoms with E-state index in [4.69, 9.17) is 9.84 Å². The molecule has 0 spiro atoms. The summed E-state index contributed by atoms with van der Waals surface area (Å²) in [6.07, 6.45) is 3.60. The van der Waals surface area contributed by atoms with E-state index in [2.05, 4.69) is 41.5 Å². The van der Waals surface area contributed by atoms with Crippen LogP contribution in [-0.4, -0.2) is 23.8 Å². The van der Waals surface area contributed by atoms with Gasteiger partial charge in [-0.2, -0.15) is 0 Å². The summed E-state index contributed by atoms with van der Waals surface area (Å²) in [6.45, 7) is 15.0. The molecule has 0 aromatic rings. The highest BCUT2D eigenvalue weighted by Gasteiger charge is 2.12. The van der Waals surface area contributed by atoms with Crippen molar-refractivity contribution in [2.24, 2.45) is 11.3 Å². The number of ether oxygens (including phenoxy) is 1. The second kappa shape index (κ2) is 11.3. The Bertz CT molecular complexity index is 212. The third kappa shape index (κ3) is 12.2. The van der Waals surface area contributed by atoms with Gasteiger partial charge in [0, 0.05) is 0 Å². The largest absolute Gasteiger partial charge is 0.463 e. The zero-order valence-electron chi connectivity index (χ0n) is 14.0. The molecule has 0 heterocycles. The molecule has 19 heavy (non-hydrogen) atoms. The van der Waals surface area contributed by atoms with E-state index < -0.39 is 12.1 Å².